The standard InChI is InChI=1S/C33H25N2O2P/c1-24-23-25(35-32(36)29-19-11-12-20-30(29)33(35)37)21-22-31(24)34-38(26-13-5-2-6-14-26,27-15-7-3-8-16-27)28-17-9-4-10-18-28/h2-23H,1H3. The first-order valence-corrected chi connectivity index (χ1v) is 14.2. The van der Waals surface area contributed by atoms with Crippen molar-refractivity contribution in [1.82, 2.24) is 0 Å². The maximum Gasteiger partial charge on any atom is 0.266 e. The van der Waals surface area contributed by atoms with Crippen LogP contribution in [0.1, 0.15) is 26.3 Å². The lowest BCUT2D eigenvalue weighted by atomic mass is 10.1. The third-order valence-electron chi connectivity index (χ3n) is 6.88. The minimum atomic E-state index is -2.44. The summed E-state index contributed by atoms with van der Waals surface area (Å²) in [7, 11) is -2.44. The molecule has 2 amide bonds. The molecular formula is C33H25N2O2P. The van der Waals surface area contributed by atoms with Crippen LogP contribution in [0.4, 0.5) is 11.4 Å². The molecule has 1 heterocycles. The van der Waals surface area contributed by atoms with Gasteiger partial charge >= 0.3 is 0 Å². The summed E-state index contributed by atoms with van der Waals surface area (Å²) < 4.78 is 5.57. The Morgan fingerprint density at radius 2 is 0.974 bits per heavy atom. The van der Waals surface area contributed by atoms with Crippen LogP contribution in [0, 0.1) is 6.92 Å². The van der Waals surface area contributed by atoms with Crippen LogP contribution in [-0.4, -0.2) is 11.8 Å². The molecule has 1 aliphatic heterocycles. The smallest absolute Gasteiger partial charge is 0.266 e. The maximum absolute atomic E-state index is 13.1. The number of anilines is 1. The summed E-state index contributed by atoms with van der Waals surface area (Å²) in [6.07, 6.45) is 0. The van der Waals surface area contributed by atoms with Gasteiger partial charge in [0.2, 0.25) is 0 Å². The molecule has 0 bridgehead atoms. The Balaban J connectivity index is 1.55. The highest BCUT2D eigenvalue weighted by Crippen LogP contribution is 2.50. The number of aryl methyl sites for hydroxylation is 1. The number of carbonyl (C=O) groups is 2. The third-order valence-corrected chi connectivity index (χ3v) is 10.5. The molecule has 0 N–H and O–H groups in total. The highest BCUT2D eigenvalue weighted by atomic mass is 31.2. The van der Waals surface area contributed by atoms with Crippen molar-refractivity contribution in [2.24, 2.45) is 4.74 Å². The van der Waals surface area contributed by atoms with Gasteiger partial charge in [-0.25, -0.2) is 4.90 Å². The second-order valence-electron chi connectivity index (χ2n) is 9.20. The van der Waals surface area contributed by atoms with Crippen LogP contribution in [0.25, 0.3) is 0 Å². The zero-order valence-electron chi connectivity index (χ0n) is 20.9. The lowest BCUT2D eigenvalue weighted by molar-refractivity contribution is 0.0926. The topological polar surface area (TPSA) is 49.7 Å². The fourth-order valence-electron chi connectivity index (χ4n) is 5.03. The van der Waals surface area contributed by atoms with Crippen molar-refractivity contribution >= 4 is 46.2 Å². The van der Waals surface area contributed by atoms with E-state index in [4.69, 9.17) is 4.74 Å². The van der Waals surface area contributed by atoms with Gasteiger partial charge in [0.1, 0.15) is 0 Å². The van der Waals surface area contributed by atoms with E-state index >= 15 is 0 Å². The van der Waals surface area contributed by atoms with Crippen molar-refractivity contribution in [2.45, 2.75) is 6.92 Å². The summed E-state index contributed by atoms with van der Waals surface area (Å²) in [6, 6.07) is 43.9. The molecule has 0 fully saturated rings. The number of imide groups is 1. The van der Waals surface area contributed by atoms with Crippen molar-refractivity contribution in [3.63, 3.8) is 0 Å². The van der Waals surface area contributed by atoms with E-state index in [1.54, 1.807) is 24.3 Å². The fourth-order valence-corrected chi connectivity index (χ4v) is 8.63. The van der Waals surface area contributed by atoms with Crippen molar-refractivity contribution in [2.75, 3.05) is 4.90 Å². The number of amides is 2. The number of nitrogens with zero attached hydrogens (tertiary/aromatic N) is 2. The SMILES string of the molecule is Cc1cc(N2C(=O)c3ccccc3C2=O)ccc1N=P(c1ccccc1)(c1ccccc1)c1ccccc1. The van der Waals surface area contributed by atoms with Gasteiger partial charge in [-0.05, 0) is 42.8 Å². The van der Waals surface area contributed by atoms with Crippen molar-refractivity contribution < 1.29 is 9.59 Å². The molecule has 0 saturated carbocycles. The van der Waals surface area contributed by atoms with Crippen LogP contribution in [0.2, 0.25) is 0 Å². The van der Waals surface area contributed by atoms with E-state index in [9.17, 15) is 9.59 Å². The van der Waals surface area contributed by atoms with Crippen LogP contribution in [-0.2, 0) is 0 Å². The number of benzene rings is 5. The van der Waals surface area contributed by atoms with Crippen molar-refractivity contribution in [1.29, 1.82) is 0 Å². The molecular weight excluding hydrogens is 487 g/mol. The zero-order valence-corrected chi connectivity index (χ0v) is 21.8. The average Bonchev–Trinajstić information content (AvgIpc) is 3.23. The molecule has 1 aliphatic rings. The summed E-state index contributed by atoms with van der Waals surface area (Å²) >= 11 is 0. The second-order valence-corrected chi connectivity index (χ2v) is 12.2. The minimum absolute atomic E-state index is 0.297. The lowest BCUT2D eigenvalue weighted by Crippen LogP contribution is -2.29. The van der Waals surface area contributed by atoms with E-state index in [1.165, 1.54) is 4.90 Å². The molecule has 184 valence electrons. The van der Waals surface area contributed by atoms with Gasteiger partial charge in [-0.1, -0.05) is 103 Å². The Bertz CT molecular complexity index is 1580. The molecule has 0 radical (unpaired) electrons. The highest BCUT2D eigenvalue weighted by molar-refractivity contribution is 7.87. The zero-order chi connectivity index (χ0) is 26.1. The Morgan fingerprint density at radius 1 is 0.553 bits per heavy atom. The highest BCUT2D eigenvalue weighted by Gasteiger charge is 2.36. The van der Waals surface area contributed by atoms with Gasteiger partial charge < -0.3 is 0 Å². The summed E-state index contributed by atoms with van der Waals surface area (Å²) in [6.45, 7) is 1.98. The van der Waals surface area contributed by atoms with Crippen LogP contribution < -0.4 is 20.8 Å². The van der Waals surface area contributed by atoms with Gasteiger partial charge in [0.25, 0.3) is 11.8 Å². The van der Waals surface area contributed by atoms with Crippen LogP contribution in [0.15, 0.2) is 138 Å². The maximum atomic E-state index is 13.1. The van der Waals surface area contributed by atoms with Crippen molar-refractivity contribution in [3.05, 3.63) is 150 Å². The van der Waals surface area contributed by atoms with Crippen LogP contribution in [0.3, 0.4) is 0 Å². The summed E-state index contributed by atoms with van der Waals surface area (Å²) in [5, 5.41) is 3.46. The van der Waals surface area contributed by atoms with Gasteiger partial charge in [-0.3, -0.25) is 14.3 Å². The molecule has 38 heavy (non-hydrogen) atoms. The van der Waals surface area contributed by atoms with Gasteiger partial charge in [0.15, 0.2) is 0 Å². The molecule has 5 aromatic rings. The molecule has 0 saturated heterocycles. The first-order chi connectivity index (χ1) is 18.6. The minimum Gasteiger partial charge on any atom is -0.268 e. The number of fused-ring (bicyclic) bond motifs is 1. The second kappa shape index (κ2) is 9.74. The molecule has 5 aromatic carbocycles. The molecule has 0 atom stereocenters. The summed E-state index contributed by atoms with van der Waals surface area (Å²) in [4.78, 5) is 27.4. The number of hydrogen-bond donors (Lipinski definition) is 0. The number of rotatable bonds is 5. The van der Waals surface area contributed by atoms with E-state index in [0.29, 0.717) is 16.8 Å². The van der Waals surface area contributed by atoms with Gasteiger partial charge in [-0.15, -0.1) is 0 Å². The van der Waals surface area contributed by atoms with E-state index in [1.807, 2.05) is 43.3 Å². The molecule has 0 unspecified atom stereocenters. The van der Waals surface area contributed by atoms with Crippen LogP contribution >= 0.6 is 7.05 Å². The monoisotopic (exact) mass is 512 g/mol. The molecule has 0 aliphatic carbocycles. The van der Waals surface area contributed by atoms with E-state index in [-0.39, 0.29) is 11.8 Å². The first kappa shape index (κ1) is 23.8. The molecule has 0 aromatic heterocycles. The van der Waals surface area contributed by atoms with E-state index in [0.717, 1.165) is 27.2 Å². The Labute approximate surface area is 222 Å². The van der Waals surface area contributed by atoms with Gasteiger partial charge in [-0.2, -0.15) is 0 Å². The third kappa shape index (κ3) is 3.91. The molecule has 0 spiro atoms. The van der Waals surface area contributed by atoms with Crippen LogP contribution in [0.5, 0.6) is 0 Å². The average molecular weight is 513 g/mol. The Kier molecular flexibility index (Phi) is 6.11. The normalized spacial score (nSPS) is 12.9. The Morgan fingerprint density at radius 3 is 1.39 bits per heavy atom. The molecule has 4 nitrogen and oxygen atoms in total. The quantitative estimate of drug-likeness (QED) is 0.197. The van der Waals surface area contributed by atoms with Gasteiger partial charge in [0, 0.05) is 15.9 Å². The van der Waals surface area contributed by atoms with E-state index < -0.39 is 7.05 Å². The van der Waals surface area contributed by atoms with Gasteiger partial charge in [0.05, 0.1) is 29.6 Å². The molecule has 5 heteroatoms. The predicted octanol–water partition coefficient (Wildman–Crippen LogP) is 6.60. The summed E-state index contributed by atoms with van der Waals surface area (Å²) in [5.41, 5.74) is 3.15. The van der Waals surface area contributed by atoms with E-state index in [2.05, 4.69) is 72.8 Å². The number of hydrogen-bond acceptors (Lipinski definition) is 3. The molecule has 6 rings (SSSR count). The first-order valence-electron chi connectivity index (χ1n) is 12.5. The van der Waals surface area contributed by atoms with Crippen molar-refractivity contribution in [3.8, 4) is 0 Å². The largest absolute Gasteiger partial charge is 0.268 e. The fraction of sp³-hybridized carbons (Fsp3) is 0.0303. The number of carbonyl (C=O) groups excluding carboxylic acids is 2. The summed E-state index contributed by atoms with van der Waals surface area (Å²) in [5.74, 6) is -0.594. The lowest BCUT2D eigenvalue weighted by Gasteiger charge is -2.27. The Hall–Kier alpha value is -4.53. The predicted molar refractivity (Wildman–Crippen MR) is 156 cm³/mol.